The number of hydrogen-bond donors (Lipinski definition) is 1. The quantitative estimate of drug-likeness (QED) is 0.379. The average molecular weight is 176 g/mol. The fourth-order valence-corrected chi connectivity index (χ4v) is 0.843. The van der Waals surface area contributed by atoms with Crippen molar-refractivity contribution in [2.24, 2.45) is 0 Å². The van der Waals surface area contributed by atoms with Gasteiger partial charge in [0.15, 0.2) is 5.79 Å². The summed E-state index contributed by atoms with van der Waals surface area (Å²) < 4.78 is 4.89. The number of carbonyl (C=O) groups excluding carboxylic acids is 1. The number of Topliss-reactive ketones (excluding diaryl/α,β-unsaturated/α-hetero) is 1. The van der Waals surface area contributed by atoms with Gasteiger partial charge in [0.1, 0.15) is 5.78 Å². The van der Waals surface area contributed by atoms with Crippen molar-refractivity contribution < 1.29 is 19.7 Å². The third-order valence-corrected chi connectivity index (χ3v) is 1.78. The Morgan fingerprint density at radius 2 is 2.17 bits per heavy atom. The predicted molar refractivity (Wildman–Crippen MR) is 43.7 cm³/mol. The Bertz CT molecular complexity index is 140. The van der Waals surface area contributed by atoms with Gasteiger partial charge >= 0.3 is 0 Å². The normalized spacial score (nSPS) is 15.7. The van der Waals surface area contributed by atoms with E-state index in [1.165, 1.54) is 14.0 Å². The fraction of sp³-hybridized carbons (Fsp3) is 0.875. The summed E-state index contributed by atoms with van der Waals surface area (Å²) in [5.41, 5.74) is 0. The zero-order chi connectivity index (χ0) is 9.61. The number of rotatable bonds is 6. The van der Waals surface area contributed by atoms with Crippen molar-refractivity contribution in [1.29, 1.82) is 0 Å². The summed E-state index contributed by atoms with van der Waals surface area (Å²) in [4.78, 5) is 14.7. The van der Waals surface area contributed by atoms with Crippen LogP contribution in [0.5, 0.6) is 0 Å². The lowest BCUT2D eigenvalue weighted by Gasteiger charge is -2.23. The molecule has 1 atom stereocenters. The minimum Gasteiger partial charge on any atom is -0.351 e. The molecular formula is C8H16O4. The molecule has 0 aliphatic carbocycles. The van der Waals surface area contributed by atoms with Crippen LogP contribution in [0, 0.1) is 0 Å². The van der Waals surface area contributed by atoms with Crippen molar-refractivity contribution in [1.82, 2.24) is 0 Å². The molecule has 4 nitrogen and oxygen atoms in total. The molecule has 0 bridgehead atoms. The third-order valence-electron chi connectivity index (χ3n) is 1.78. The van der Waals surface area contributed by atoms with Gasteiger partial charge in [-0.2, -0.15) is 0 Å². The molecule has 0 aromatic carbocycles. The topological polar surface area (TPSA) is 55.8 Å². The molecule has 0 heterocycles. The minimum absolute atomic E-state index is 0.131. The molecule has 0 saturated heterocycles. The molecule has 1 N–H and O–H groups in total. The van der Waals surface area contributed by atoms with Crippen LogP contribution in [-0.2, 0) is 14.4 Å². The molecule has 0 aromatic heterocycles. The smallest absolute Gasteiger partial charge is 0.198 e. The van der Waals surface area contributed by atoms with Gasteiger partial charge in [-0.15, -0.1) is 0 Å². The Morgan fingerprint density at radius 1 is 1.58 bits per heavy atom. The monoisotopic (exact) mass is 176 g/mol. The maximum Gasteiger partial charge on any atom is 0.198 e. The molecular weight excluding hydrogens is 160 g/mol. The lowest BCUT2D eigenvalue weighted by atomic mass is 10.1. The van der Waals surface area contributed by atoms with E-state index >= 15 is 0 Å². The summed E-state index contributed by atoms with van der Waals surface area (Å²) in [6, 6.07) is 0. The second-order valence-electron chi connectivity index (χ2n) is 2.98. The Morgan fingerprint density at radius 3 is 2.50 bits per heavy atom. The molecule has 0 saturated carbocycles. The van der Waals surface area contributed by atoms with Gasteiger partial charge in [0.25, 0.3) is 0 Å². The molecule has 0 rings (SSSR count). The van der Waals surface area contributed by atoms with Gasteiger partial charge in [-0.1, -0.05) is 0 Å². The summed E-state index contributed by atoms with van der Waals surface area (Å²) in [5, 5.41) is 8.44. The molecule has 0 fully saturated rings. The summed E-state index contributed by atoms with van der Waals surface area (Å²) in [7, 11) is 1.45. The van der Waals surface area contributed by atoms with E-state index in [1.54, 1.807) is 6.92 Å². The van der Waals surface area contributed by atoms with Crippen molar-refractivity contribution in [3.05, 3.63) is 0 Å². The molecule has 72 valence electrons. The number of hydrogen-bond acceptors (Lipinski definition) is 4. The third kappa shape index (κ3) is 4.43. The molecule has 0 spiro atoms. The standard InChI is InChI=1S/C8H16O4/c1-7(9)5-4-6-8(2,11-3)12-10/h10H,4-6H2,1-3H3. The second kappa shape index (κ2) is 5.24. The van der Waals surface area contributed by atoms with Gasteiger partial charge in [0, 0.05) is 20.0 Å². The highest BCUT2D eigenvalue weighted by atomic mass is 17.1. The highest BCUT2D eigenvalue weighted by molar-refractivity contribution is 5.75. The van der Waals surface area contributed by atoms with Crippen molar-refractivity contribution >= 4 is 5.78 Å². The van der Waals surface area contributed by atoms with Crippen LogP contribution in [-0.4, -0.2) is 23.9 Å². The van der Waals surface area contributed by atoms with Gasteiger partial charge in [-0.05, 0) is 20.3 Å². The fourth-order valence-electron chi connectivity index (χ4n) is 0.843. The summed E-state index contributed by atoms with van der Waals surface area (Å²) in [5.74, 6) is -0.846. The summed E-state index contributed by atoms with van der Waals surface area (Å²) in [6.45, 7) is 3.15. The van der Waals surface area contributed by atoms with E-state index in [2.05, 4.69) is 4.89 Å². The Hall–Kier alpha value is -0.450. The van der Waals surface area contributed by atoms with Crippen molar-refractivity contribution in [2.45, 2.75) is 38.9 Å². The van der Waals surface area contributed by atoms with Crippen LogP contribution >= 0.6 is 0 Å². The van der Waals surface area contributed by atoms with E-state index in [9.17, 15) is 4.79 Å². The van der Waals surface area contributed by atoms with Crippen LogP contribution in [0.1, 0.15) is 33.1 Å². The maximum atomic E-state index is 10.6. The largest absolute Gasteiger partial charge is 0.351 e. The zero-order valence-electron chi connectivity index (χ0n) is 7.79. The predicted octanol–water partition coefficient (Wildman–Crippen LogP) is 1.60. The molecule has 0 aliphatic rings. The SMILES string of the molecule is COC(C)(CCCC(C)=O)OO. The van der Waals surface area contributed by atoms with Crippen LogP contribution in [0.15, 0.2) is 0 Å². The molecule has 0 radical (unpaired) electrons. The Labute approximate surface area is 72.4 Å². The molecule has 0 amide bonds. The van der Waals surface area contributed by atoms with E-state index in [-0.39, 0.29) is 5.78 Å². The van der Waals surface area contributed by atoms with Crippen LogP contribution in [0.2, 0.25) is 0 Å². The van der Waals surface area contributed by atoms with Crippen LogP contribution in [0.25, 0.3) is 0 Å². The van der Waals surface area contributed by atoms with Crippen LogP contribution in [0.3, 0.4) is 0 Å². The minimum atomic E-state index is -0.977. The van der Waals surface area contributed by atoms with Gasteiger partial charge in [0.05, 0.1) is 0 Å². The first-order chi connectivity index (χ1) is 5.54. The van der Waals surface area contributed by atoms with E-state index in [0.29, 0.717) is 19.3 Å². The van der Waals surface area contributed by atoms with Gasteiger partial charge in [-0.3, -0.25) is 0 Å². The second-order valence-corrected chi connectivity index (χ2v) is 2.98. The zero-order valence-corrected chi connectivity index (χ0v) is 7.79. The van der Waals surface area contributed by atoms with Crippen molar-refractivity contribution in [3.8, 4) is 0 Å². The van der Waals surface area contributed by atoms with E-state index in [0.717, 1.165) is 0 Å². The Kier molecular flexibility index (Phi) is 5.04. The molecule has 4 heteroatoms. The molecule has 0 aliphatic heterocycles. The van der Waals surface area contributed by atoms with E-state index < -0.39 is 5.79 Å². The number of methoxy groups -OCH3 is 1. The number of ketones is 1. The van der Waals surface area contributed by atoms with Crippen molar-refractivity contribution in [2.75, 3.05) is 7.11 Å². The lowest BCUT2D eigenvalue weighted by Crippen LogP contribution is -2.29. The Balaban J connectivity index is 3.65. The first-order valence-corrected chi connectivity index (χ1v) is 3.91. The molecule has 1 unspecified atom stereocenters. The van der Waals surface area contributed by atoms with Gasteiger partial charge in [-0.25, -0.2) is 10.1 Å². The van der Waals surface area contributed by atoms with E-state index in [1.807, 2.05) is 0 Å². The molecule has 0 aromatic rings. The van der Waals surface area contributed by atoms with Crippen molar-refractivity contribution in [3.63, 3.8) is 0 Å². The first-order valence-electron chi connectivity index (χ1n) is 3.91. The maximum absolute atomic E-state index is 10.6. The van der Waals surface area contributed by atoms with Gasteiger partial charge in [0.2, 0.25) is 0 Å². The van der Waals surface area contributed by atoms with E-state index in [4.69, 9.17) is 9.99 Å². The average Bonchev–Trinajstić information content (AvgIpc) is 2.03. The van der Waals surface area contributed by atoms with Gasteiger partial charge < -0.3 is 9.53 Å². The number of carbonyl (C=O) groups is 1. The highest BCUT2D eigenvalue weighted by Gasteiger charge is 2.23. The highest BCUT2D eigenvalue weighted by Crippen LogP contribution is 2.17. The summed E-state index contributed by atoms with van der Waals surface area (Å²) >= 11 is 0. The summed E-state index contributed by atoms with van der Waals surface area (Å²) in [6.07, 6.45) is 1.64. The van der Waals surface area contributed by atoms with Crippen LogP contribution in [0.4, 0.5) is 0 Å². The molecule has 12 heavy (non-hydrogen) atoms. The number of ether oxygens (including phenoxy) is 1. The first kappa shape index (κ1) is 11.6. The van der Waals surface area contributed by atoms with Crippen LogP contribution < -0.4 is 0 Å². The lowest BCUT2D eigenvalue weighted by molar-refractivity contribution is -0.393.